The van der Waals surface area contributed by atoms with E-state index in [1.165, 1.54) is 0 Å². The van der Waals surface area contributed by atoms with Gasteiger partial charge >= 0.3 is 5.97 Å². The molecule has 0 aliphatic rings. The van der Waals surface area contributed by atoms with Crippen LogP contribution in [0.3, 0.4) is 0 Å². The van der Waals surface area contributed by atoms with Crippen LogP contribution < -0.4 is 5.73 Å². The van der Waals surface area contributed by atoms with Crippen molar-refractivity contribution in [3.05, 3.63) is 29.6 Å². The molecule has 2 N–H and O–H groups in total. The molecule has 4 nitrogen and oxygen atoms in total. The molecule has 4 heteroatoms. The molecule has 82 valence electrons. The van der Waals surface area contributed by atoms with E-state index in [4.69, 9.17) is 10.5 Å². The number of nitrogens with two attached hydrogens (primary N) is 1. The minimum absolute atomic E-state index is 0.360. The summed E-state index contributed by atoms with van der Waals surface area (Å²) in [6, 6.07) is 1.36. The van der Waals surface area contributed by atoms with Crippen LogP contribution in [0.4, 0.5) is 0 Å². The second-order valence-corrected chi connectivity index (χ2v) is 3.43. The molecule has 0 spiro atoms. The van der Waals surface area contributed by atoms with Gasteiger partial charge in [0.25, 0.3) is 0 Å². The average Bonchev–Trinajstić information content (AvgIpc) is 2.18. The zero-order valence-electron chi connectivity index (χ0n) is 9.06. The van der Waals surface area contributed by atoms with Crippen LogP contribution in [0.5, 0.6) is 0 Å². The molecule has 0 amide bonds. The van der Waals surface area contributed by atoms with Gasteiger partial charge in [0.05, 0.1) is 6.61 Å². The predicted octanol–water partition coefficient (Wildman–Crippen LogP) is 0.823. The Kier molecular flexibility index (Phi) is 4.24. The quantitative estimate of drug-likeness (QED) is 0.744. The summed E-state index contributed by atoms with van der Waals surface area (Å²) in [6.45, 7) is 4.07. The zero-order valence-corrected chi connectivity index (χ0v) is 9.06. The van der Waals surface area contributed by atoms with Crippen LogP contribution in [0, 0.1) is 6.92 Å². The molecule has 0 aliphatic heterocycles. The van der Waals surface area contributed by atoms with Crippen LogP contribution in [0.2, 0.25) is 0 Å². The van der Waals surface area contributed by atoms with Crippen LogP contribution in [-0.4, -0.2) is 23.6 Å². The molecule has 1 aromatic rings. The van der Waals surface area contributed by atoms with Crippen molar-refractivity contribution in [3.63, 3.8) is 0 Å². The lowest BCUT2D eigenvalue weighted by molar-refractivity contribution is -0.144. The van der Waals surface area contributed by atoms with Crippen molar-refractivity contribution < 1.29 is 9.53 Å². The topological polar surface area (TPSA) is 65.2 Å². The monoisotopic (exact) mass is 208 g/mol. The summed E-state index contributed by atoms with van der Waals surface area (Å²) in [4.78, 5) is 15.3. The van der Waals surface area contributed by atoms with E-state index in [1.807, 2.05) is 13.0 Å². The van der Waals surface area contributed by atoms with Gasteiger partial charge in [-0.15, -0.1) is 0 Å². The van der Waals surface area contributed by atoms with E-state index >= 15 is 0 Å². The van der Waals surface area contributed by atoms with Gasteiger partial charge in [0, 0.05) is 12.4 Å². The van der Waals surface area contributed by atoms with Gasteiger partial charge in [-0.2, -0.15) is 0 Å². The minimum atomic E-state index is -0.603. The highest BCUT2D eigenvalue weighted by Crippen LogP contribution is 2.04. The van der Waals surface area contributed by atoms with Crippen LogP contribution >= 0.6 is 0 Å². The van der Waals surface area contributed by atoms with Gasteiger partial charge < -0.3 is 10.5 Å². The van der Waals surface area contributed by atoms with E-state index in [0.717, 1.165) is 11.1 Å². The molecule has 0 saturated heterocycles. The van der Waals surface area contributed by atoms with Crippen LogP contribution in [0.25, 0.3) is 0 Å². The van der Waals surface area contributed by atoms with Crippen molar-refractivity contribution in [3.8, 4) is 0 Å². The van der Waals surface area contributed by atoms with E-state index in [-0.39, 0.29) is 5.97 Å². The molecule has 1 atom stereocenters. The average molecular weight is 208 g/mol. The fourth-order valence-electron chi connectivity index (χ4n) is 1.32. The Morgan fingerprint density at radius 1 is 1.60 bits per heavy atom. The fourth-order valence-corrected chi connectivity index (χ4v) is 1.32. The smallest absolute Gasteiger partial charge is 0.323 e. The summed E-state index contributed by atoms with van der Waals surface area (Å²) in [5.74, 6) is -0.362. The summed E-state index contributed by atoms with van der Waals surface area (Å²) in [5, 5.41) is 0. The lowest BCUT2D eigenvalue weighted by Crippen LogP contribution is -2.34. The highest BCUT2D eigenvalue weighted by Gasteiger charge is 2.14. The number of hydrogen-bond acceptors (Lipinski definition) is 4. The number of esters is 1. The number of carbonyl (C=O) groups is 1. The summed E-state index contributed by atoms with van der Waals surface area (Å²) >= 11 is 0. The first-order valence-corrected chi connectivity index (χ1v) is 4.96. The lowest BCUT2D eigenvalue weighted by atomic mass is 10.1. The summed E-state index contributed by atoms with van der Waals surface area (Å²) < 4.78 is 4.82. The van der Waals surface area contributed by atoms with E-state index in [0.29, 0.717) is 13.0 Å². The van der Waals surface area contributed by atoms with Crippen LogP contribution in [0.15, 0.2) is 18.5 Å². The Balaban J connectivity index is 2.58. The summed E-state index contributed by atoms with van der Waals surface area (Å²) in [6.07, 6.45) is 3.94. The third kappa shape index (κ3) is 3.67. The number of ether oxygens (including phenoxy) is 1. The normalized spacial score (nSPS) is 12.2. The first-order valence-electron chi connectivity index (χ1n) is 4.96. The Bertz CT molecular complexity index is 339. The van der Waals surface area contributed by atoms with Crippen molar-refractivity contribution in [1.82, 2.24) is 4.98 Å². The van der Waals surface area contributed by atoms with Crippen molar-refractivity contribution in [1.29, 1.82) is 0 Å². The van der Waals surface area contributed by atoms with Crippen LogP contribution in [-0.2, 0) is 16.0 Å². The minimum Gasteiger partial charge on any atom is -0.465 e. The number of nitrogens with zero attached hydrogens (tertiary/aromatic N) is 1. The Hall–Kier alpha value is -1.42. The second kappa shape index (κ2) is 5.46. The van der Waals surface area contributed by atoms with Gasteiger partial charge in [0.15, 0.2) is 0 Å². The third-order valence-corrected chi connectivity index (χ3v) is 1.98. The Labute approximate surface area is 89.5 Å². The highest BCUT2D eigenvalue weighted by atomic mass is 16.5. The fraction of sp³-hybridized carbons (Fsp3) is 0.455. The van der Waals surface area contributed by atoms with Gasteiger partial charge in [0.1, 0.15) is 6.04 Å². The van der Waals surface area contributed by atoms with E-state index in [1.54, 1.807) is 19.3 Å². The first-order chi connectivity index (χ1) is 7.13. The molecule has 0 saturated carbocycles. The maximum Gasteiger partial charge on any atom is 0.323 e. The van der Waals surface area contributed by atoms with E-state index in [2.05, 4.69) is 4.98 Å². The first kappa shape index (κ1) is 11.7. The Morgan fingerprint density at radius 2 is 2.33 bits per heavy atom. The number of carbonyl (C=O) groups excluding carboxylic acids is 1. The molecule has 1 unspecified atom stereocenters. The summed E-state index contributed by atoms with van der Waals surface area (Å²) in [5.41, 5.74) is 7.70. The molecule has 0 bridgehead atoms. The van der Waals surface area contributed by atoms with Gasteiger partial charge in [-0.1, -0.05) is 6.07 Å². The zero-order chi connectivity index (χ0) is 11.3. The van der Waals surface area contributed by atoms with Crippen LogP contribution in [0.1, 0.15) is 18.1 Å². The number of aryl methyl sites for hydroxylation is 1. The maximum absolute atomic E-state index is 11.3. The van der Waals surface area contributed by atoms with Gasteiger partial charge in [0.2, 0.25) is 0 Å². The molecular formula is C11H16N2O2. The van der Waals surface area contributed by atoms with E-state index < -0.39 is 6.04 Å². The lowest BCUT2D eigenvalue weighted by Gasteiger charge is -2.10. The molecule has 0 aromatic carbocycles. The molecule has 1 heterocycles. The maximum atomic E-state index is 11.3. The van der Waals surface area contributed by atoms with Crippen molar-refractivity contribution >= 4 is 5.97 Å². The standard InChI is InChI=1S/C11H16N2O2/c1-3-15-11(14)10(12)5-9-4-8(2)6-13-7-9/h4,6-7,10H,3,5,12H2,1-2H3. The van der Waals surface area contributed by atoms with Crippen molar-refractivity contribution in [2.24, 2.45) is 5.73 Å². The summed E-state index contributed by atoms with van der Waals surface area (Å²) in [7, 11) is 0. The number of pyridine rings is 1. The molecular weight excluding hydrogens is 192 g/mol. The largest absolute Gasteiger partial charge is 0.465 e. The molecule has 1 rings (SSSR count). The highest BCUT2D eigenvalue weighted by molar-refractivity contribution is 5.75. The molecule has 15 heavy (non-hydrogen) atoms. The van der Waals surface area contributed by atoms with E-state index in [9.17, 15) is 4.79 Å². The SMILES string of the molecule is CCOC(=O)C(N)Cc1cncc(C)c1. The van der Waals surface area contributed by atoms with Gasteiger partial charge in [-0.3, -0.25) is 9.78 Å². The molecule has 0 fully saturated rings. The number of aromatic nitrogens is 1. The third-order valence-electron chi connectivity index (χ3n) is 1.98. The van der Waals surface area contributed by atoms with Gasteiger partial charge in [-0.25, -0.2) is 0 Å². The molecule has 1 aromatic heterocycles. The Morgan fingerprint density at radius 3 is 2.93 bits per heavy atom. The number of hydrogen-bond donors (Lipinski definition) is 1. The predicted molar refractivity (Wildman–Crippen MR) is 57.3 cm³/mol. The van der Waals surface area contributed by atoms with Gasteiger partial charge in [-0.05, 0) is 31.4 Å². The molecule has 0 aliphatic carbocycles. The van der Waals surface area contributed by atoms with Crippen molar-refractivity contribution in [2.45, 2.75) is 26.3 Å². The molecule has 0 radical (unpaired) electrons. The second-order valence-electron chi connectivity index (χ2n) is 3.43. The number of rotatable bonds is 4. The van der Waals surface area contributed by atoms with Crippen molar-refractivity contribution in [2.75, 3.05) is 6.61 Å².